The van der Waals surface area contributed by atoms with E-state index in [-0.39, 0.29) is 18.3 Å². The fourth-order valence-electron chi connectivity index (χ4n) is 4.40. The zero-order valence-electron chi connectivity index (χ0n) is 17.4. The molecule has 0 radical (unpaired) electrons. The molecule has 1 saturated heterocycles. The predicted molar refractivity (Wildman–Crippen MR) is 113 cm³/mol. The second-order valence-electron chi connectivity index (χ2n) is 8.20. The third kappa shape index (κ3) is 5.67. The smallest absolute Gasteiger partial charge is 0.335 e. The van der Waals surface area contributed by atoms with E-state index in [0.717, 1.165) is 37.7 Å². The Balaban J connectivity index is 0.00000341. The molecule has 176 valence electrons. The van der Waals surface area contributed by atoms with Gasteiger partial charge >= 0.3 is 5.97 Å². The normalized spacial score (nSPS) is 31.3. The number of carboxylic acid groups (broad SMARTS) is 1. The van der Waals surface area contributed by atoms with Gasteiger partial charge in [-0.25, -0.2) is 4.79 Å². The molecular formula is C21H32ClNO8. The molecule has 31 heavy (non-hydrogen) atoms. The Kier molecular flexibility index (Phi) is 9.08. The summed E-state index contributed by atoms with van der Waals surface area (Å²) in [5, 5.41) is 53.2. The maximum atomic E-state index is 11.2. The van der Waals surface area contributed by atoms with Gasteiger partial charge in [-0.2, -0.15) is 0 Å². The molecule has 0 amide bonds. The van der Waals surface area contributed by atoms with Crippen molar-refractivity contribution in [3.05, 3.63) is 29.8 Å². The van der Waals surface area contributed by atoms with E-state index in [1.807, 2.05) is 19.2 Å². The molecule has 1 aliphatic heterocycles. The van der Waals surface area contributed by atoms with Gasteiger partial charge in [-0.1, -0.05) is 31.4 Å². The number of carbonyl (C=O) groups is 1. The molecule has 1 aliphatic carbocycles. The highest BCUT2D eigenvalue weighted by atomic mass is 35.5. The fourth-order valence-corrected chi connectivity index (χ4v) is 4.40. The van der Waals surface area contributed by atoms with E-state index in [0.29, 0.717) is 12.3 Å². The van der Waals surface area contributed by atoms with Gasteiger partial charge in [-0.3, -0.25) is 0 Å². The average molecular weight is 462 g/mol. The summed E-state index contributed by atoms with van der Waals surface area (Å²) in [6.07, 6.45) is -3.66. The number of halogens is 1. The minimum absolute atomic E-state index is 0. The van der Waals surface area contributed by atoms with E-state index < -0.39 is 42.3 Å². The van der Waals surface area contributed by atoms with Crippen LogP contribution in [0.2, 0.25) is 0 Å². The summed E-state index contributed by atoms with van der Waals surface area (Å²) in [5.41, 5.74) is 0.159. The molecule has 2 fully saturated rings. The number of aliphatic hydroxyl groups is 4. The van der Waals surface area contributed by atoms with Crippen molar-refractivity contribution in [1.82, 2.24) is 5.32 Å². The van der Waals surface area contributed by atoms with Gasteiger partial charge < -0.3 is 40.3 Å². The molecule has 1 heterocycles. The third-order valence-corrected chi connectivity index (χ3v) is 6.12. The fraction of sp³-hybridized carbons (Fsp3) is 0.667. The van der Waals surface area contributed by atoms with Gasteiger partial charge in [0.15, 0.2) is 6.10 Å². The number of carboxylic acids is 1. The molecule has 9 nitrogen and oxygen atoms in total. The summed E-state index contributed by atoms with van der Waals surface area (Å²) >= 11 is 0. The second kappa shape index (κ2) is 10.9. The molecule has 0 aromatic heterocycles. The lowest BCUT2D eigenvalue weighted by molar-refractivity contribution is -0.271. The summed E-state index contributed by atoms with van der Waals surface area (Å²) in [7, 11) is 1.84. The van der Waals surface area contributed by atoms with Gasteiger partial charge in [0.05, 0.1) is 5.60 Å². The summed E-state index contributed by atoms with van der Waals surface area (Å²) in [5.74, 6) is -1.26. The first kappa shape index (κ1) is 25.8. The van der Waals surface area contributed by atoms with Crippen LogP contribution in [0.4, 0.5) is 0 Å². The molecule has 1 aromatic carbocycles. The van der Waals surface area contributed by atoms with Crippen LogP contribution in [0.25, 0.3) is 0 Å². The van der Waals surface area contributed by atoms with Crippen LogP contribution in [0.3, 0.4) is 0 Å². The van der Waals surface area contributed by atoms with Crippen molar-refractivity contribution in [2.45, 2.75) is 74.3 Å². The average Bonchev–Trinajstić information content (AvgIpc) is 2.73. The maximum absolute atomic E-state index is 11.2. The highest BCUT2D eigenvalue weighted by Gasteiger charge is 2.48. The standard InChI is InChI=1S/C21H31NO8.ClH/c1-22-11-14(21(28)9-3-2-4-10-21)12-5-7-13(8-6-12)29-20-17(25)15(23)16(24)18(30-20)19(26)27;/h5-8,14-18,20,22-25,28H,2-4,9-11H2,1H3,(H,26,27);1H/t14?,15-,16-,17+,18-,20?;/m0./s1. The van der Waals surface area contributed by atoms with Gasteiger partial charge in [-0.15, -0.1) is 12.4 Å². The van der Waals surface area contributed by atoms with Crippen molar-refractivity contribution in [1.29, 1.82) is 0 Å². The van der Waals surface area contributed by atoms with E-state index in [4.69, 9.17) is 14.6 Å². The predicted octanol–water partition coefficient (Wildman–Crippen LogP) is 0.378. The second-order valence-corrected chi connectivity index (χ2v) is 8.20. The Hall–Kier alpha value is -1.46. The first-order chi connectivity index (χ1) is 14.3. The summed E-state index contributed by atoms with van der Waals surface area (Å²) in [6, 6.07) is 6.93. The summed E-state index contributed by atoms with van der Waals surface area (Å²) in [4.78, 5) is 11.2. The van der Waals surface area contributed by atoms with E-state index in [2.05, 4.69) is 5.32 Å². The number of benzene rings is 1. The van der Waals surface area contributed by atoms with Crippen LogP contribution >= 0.6 is 12.4 Å². The molecule has 1 saturated carbocycles. The number of ether oxygens (including phenoxy) is 2. The third-order valence-electron chi connectivity index (χ3n) is 6.12. The van der Waals surface area contributed by atoms with Gasteiger partial charge in [-0.05, 0) is 37.6 Å². The largest absolute Gasteiger partial charge is 0.479 e. The van der Waals surface area contributed by atoms with Crippen molar-refractivity contribution in [3.8, 4) is 5.75 Å². The number of hydrogen-bond donors (Lipinski definition) is 6. The van der Waals surface area contributed by atoms with Crippen LogP contribution in [0, 0.1) is 0 Å². The van der Waals surface area contributed by atoms with E-state index in [1.165, 1.54) is 0 Å². The van der Waals surface area contributed by atoms with Crippen LogP contribution in [0.1, 0.15) is 43.6 Å². The van der Waals surface area contributed by atoms with Crippen LogP contribution in [0.5, 0.6) is 5.75 Å². The SMILES string of the molecule is CNCC(c1ccc(OC2O[C@H](C(=O)O)[C@@H](O)[C@H](O)[C@H]2O)cc1)C1(O)CCCCC1.Cl. The van der Waals surface area contributed by atoms with E-state index in [9.17, 15) is 25.2 Å². The highest BCUT2D eigenvalue weighted by Crippen LogP contribution is 2.40. The Morgan fingerprint density at radius 1 is 1.13 bits per heavy atom. The Bertz CT molecular complexity index is 712. The molecule has 2 aliphatic rings. The monoisotopic (exact) mass is 461 g/mol. The van der Waals surface area contributed by atoms with Crippen molar-refractivity contribution >= 4 is 18.4 Å². The Labute approximate surface area is 187 Å². The highest BCUT2D eigenvalue weighted by molar-refractivity contribution is 5.85. The van der Waals surface area contributed by atoms with Crippen molar-refractivity contribution in [2.75, 3.05) is 13.6 Å². The lowest BCUT2D eigenvalue weighted by Crippen LogP contribution is -2.61. The van der Waals surface area contributed by atoms with E-state index >= 15 is 0 Å². The van der Waals surface area contributed by atoms with Crippen LogP contribution < -0.4 is 10.1 Å². The maximum Gasteiger partial charge on any atom is 0.335 e. The minimum Gasteiger partial charge on any atom is -0.479 e. The quantitative estimate of drug-likeness (QED) is 0.339. The Morgan fingerprint density at radius 3 is 2.29 bits per heavy atom. The molecule has 6 N–H and O–H groups in total. The molecule has 1 aromatic rings. The molecule has 3 rings (SSSR count). The lowest BCUT2D eigenvalue weighted by Gasteiger charge is -2.40. The van der Waals surface area contributed by atoms with Crippen molar-refractivity contribution < 1.29 is 39.8 Å². The topological polar surface area (TPSA) is 149 Å². The zero-order chi connectivity index (χ0) is 21.9. The molecule has 10 heteroatoms. The summed E-state index contributed by atoms with van der Waals surface area (Å²) in [6.45, 7) is 0.617. The summed E-state index contributed by atoms with van der Waals surface area (Å²) < 4.78 is 10.7. The first-order valence-electron chi connectivity index (χ1n) is 10.3. The van der Waals surface area contributed by atoms with Gasteiger partial charge in [0.1, 0.15) is 24.1 Å². The molecular weight excluding hydrogens is 430 g/mol. The number of likely N-dealkylation sites (N-methyl/N-ethyl adjacent to an activating group) is 1. The van der Waals surface area contributed by atoms with Crippen molar-refractivity contribution in [3.63, 3.8) is 0 Å². The van der Waals surface area contributed by atoms with Crippen molar-refractivity contribution in [2.24, 2.45) is 0 Å². The number of hydrogen-bond acceptors (Lipinski definition) is 8. The van der Waals surface area contributed by atoms with Crippen LogP contribution in [-0.2, 0) is 9.53 Å². The van der Waals surface area contributed by atoms with Crippen LogP contribution in [-0.4, -0.2) is 81.4 Å². The molecule has 6 atom stereocenters. The number of nitrogens with one attached hydrogen (secondary N) is 1. The van der Waals surface area contributed by atoms with Gasteiger partial charge in [0.2, 0.25) is 6.29 Å². The zero-order valence-corrected chi connectivity index (χ0v) is 18.2. The number of rotatable bonds is 7. The minimum atomic E-state index is -1.77. The Morgan fingerprint density at radius 2 is 1.74 bits per heavy atom. The lowest BCUT2D eigenvalue weighted by atomic mass is 9.73. The number of aliphatic hydroxyl groups excluding tert-OH is 3. The van der Waals surface area contributed by atoms with Gasteiger partial charge in [0.25, 0.3) is 0 Å². The van der Waals surface area contributed by atoms with E-state index in [1.54, 1.807) is 12.1 Å². The first-order valence-corrected chi connectivity index (χ1v) is 10.3. The molecule has 0 spiro atoms. The molecule has 2 unspecified atom stereocenters. The van der Waals surface area contributed by atoms with Gasteiger partial charge in [0, 0.05) is 12.5 Å². The number of aliphatic carboxylic acids is 1. The van der Waals surface area contributed by atoms with Crippen LogP contribution in [0.15, 0.2) is 24.3 Å². The molecule has 0 bridgehead atoms.